The summed E-state index contributed by atoms with van der Waals surface area (Å²) in [6, 6.07) is 12.0. The Balaban J connectivity index is 1.91. The number of aromatic hydroxyl groups is 1. The molecule has 7 nitrogen and oxygen atoms in total. The van der Waals surface area contributed by atoms with E-state index >= 15 is 0 Å². The number of rotatable bonds is 7. The van der Waals surface area contributed by atoms with E-state index in [2.05, 4.69) is 5.32 Å². The number of ether oxygens (including phenoxy) is 2. The molecule has 2 N–H and O–H groups in total. The maximum absolute atomic E-state index is 12.2. The fourth-order valence-corrected chi connectivity index (χ4v) is 2.32. The van der Waals surface area contributed by atoms with Crippen molar-refractivity contribution in [2.45, 2.75) is 13.0 Å². The highest BCUT2D eigenvalue weighted by Crippen LogP contribution is 2.26. The summed E-state index contributed by atoms with van der Waals surface area (Å²) < 4.78 is 10.1. The van der Waals surface area contributed by atoms with Gasteiger partial charge < -0.3 is 24.8 Å². The van der Waals surface area contributed by atoms with E-state index in [1.54, 1.807) is 24.3 Å². The summed E-state index contributed by atoms with van der Waals surface area (Å²) in [5, 5.41) is 12.3. The first-order chi connectivity index (χ1) is 13.3. The number of carbonyl (C=O) groups is 2. The quantitative estimate of drug-likeness (QED) is 0.564. The predicted octanol–water partition coefficient (Wildman–Crippen LogP) is 3.05. The Labute approximate surface area is 164 Å². The molecule has 1 unspecified atom stereocenters. The normalized spacial score (nSPS) is 11.7. The largest absolute Gasteiger partial charge is 0.504 e. The summed E-state index contributed by atoms with van der Waals surface area (Å²) in [5.74, 6) is -0.780. The first-order valence-corrected chi connectivity index (χ1v) is 8.64. The third-order valence-corrected chi connectivity index (χ3v) is 3.93. The molecule has 0 heterocycles. The lowest BCUT2D eigenvalue weighted by Crippen LogP contribution is -2.29. The van der Waals surface area contributed by atoms with Gasteiger partial charge in [0.1, 0.15) is 0 Å². The van der Waals surface area contributed by atoms with Crippen molar-refractivity contribution in [1.82, 2.24) is 0 Å². The molecule has 0 aliphatic carbocycles. The van der Waals surface area contributed by atoms with Crippen molar-refractivity contribution >= 4 is 29.3 Å². The third kappa shape index (κ3) is 5.77. The average Bonchev–Trinajstić information content (AvgIpc) is 2.67. The van der Waals surface area contributed by atoms with Crippen molar-refractivity contribution in [1.29, 1.82) is 0 Å². The summed E-state index contributed by atoms with van der Waals surface area (Å²) in [6.45, 7) is 1.50. The topological polar surface area (TPSA) is 88.1 Å². The fraction of sp³-hybridized carbons (Fsp3) is 0.238. The smallest absolute Gasteiger partial charge is 0.331 e. The van der Waals surface area contributed by atoms with Gasteiger partial charge in [-0.2, -0.15) is 0 Å². The molecule has 7 heteroatoms. The Morgan fingerprint density at radius 1 is 1.14 bits per heavy atom. The number of methoxy groups -OCH3 is 1. The van der Waals surface area contributed by atoms with Crippen molar-refractivity contribution in [2.75, 3.05) is 31.4 Å². The molecule has 28 heavy (non-hydrogen) atoms. The molecule has 0 fully saturated rings. The molecule has 148 valence electrons. The van der Waals surface area contributed by atoms with Crippen molar-refractivity contribution in [2.24, 2.45) is 0 Å². The zero-order valence-corrected chi connectivity index (χ0v) is 16.3. The van der Waals surface area contributed by atoms with E-state index in [4.69, 9.17) is 9.47 Å². The first kappa shape index (κ1) is 20.8. The molecular formula is C21H24N2O5. The Bertz CT molecular complexity index is 860. The number of nitrogens with zero attached hydrogens (tertiary/aromatic N) is 1. The van der Waals surface area contributed by atoms with Crippen molar-refractivity contribution in [3.63, 3.8) is 0 Å². The maximum atomic E-state index is 12.2. The number of esters is 1. The van der Waals surface area contributed by atoms with E-state index in [-0.39, 0.29) is 5.75 Å². The Kier molecular flexibility index (Phi) is 7.03. The highest BCUT2D eigenvalue weighted by atomic mass is 16.5. The Morgan fingerprint density at radius 2 is 1.82 bits per heavy atom. The minimum Gasteiger partial charge on any atom is -0.504 e. The lowest BCUT2D eigenvalue weighted by Gasteiger charge is -2.15. The average molecular weight is 384 g/mol. The molecular weight excluding hydrogens is 360 g/mol. The standard InChI is InChI=1S/C21H24N2O5/c1-14(21(26)22-16-7-9-17(10-8-16)23(2)3)28-20(25)12-6-15-5-11-18(24)19(13-15)27-4/h5-14,24H,1-4H3,(H,22,26)/b12-6+. The van der Waals surface area contributed by atoms with Crippen molar-refractivity contribution in [3.8, 4) is 11.5 Å². The van der Waals surface area contributed by atoms with Crippen LogP contribution in [0.4, 0.5) is 11.4 Å². The Morgan fingerprint density at radius 3 is 2.43 bits per heavy atom. The minimum atomic E-state index is -0.958. The molecule has 0 saturated carbocycles. The lowest BCUT2D eigenvalue weighted by molar-refractivity contribution is -0.148. The van der Waals surface area contributed by atoms with Crippen LogP contribution in [0.25, 0.3) is 6.08 Å². The second-order valence-corrected chi connectivity index (χ2v) is 6.27. The van der Waals surface area contributed by atoms with Gasteiger partial charge in [0.15, 0.2) is 17.6 Å². The number of nitrogens with one attached hydrogen (secondary N) is 1. The van der Waals surface area contributed by atoms with Gasteiger partial charge in [0.05, 0.1) is 7.11 Å². The van der Waals surface area contributed by atoms with Gasteiger partial charge in [0.25, 0.3) is 5.91 Å². The fourth-order valence-electron chi connectivity index (χ4n) is 2.32. The summed E-state index contributed by atoms with van der Waals surface area (Å²) >= 11 is 0. The molecule has 1 amide bonds. The summed E-state index contributed by atoms with van der Waals surface area (Å²) in [5.41, 5.74) is 2.27. The molecule has 1 atom stereocenters. The highest BCUT2D eigenvalue weighted by molar-refractivity contribution is 5.96. The minimum absolute atomic E-state index is 0.00568. The zero-order chi connectivity index (χ0) is 20.7. The van der Waals surface area contributed by atoms with Crippen LogP contribution in [0.5, 0.6) is 11.5 Å². The van der Waals surface area contributed by atoms with E-state index < -0.39 is 18.0 Å². The number of hydrogen-bond donors (Lipinski definition) is 2. The monoisotopic (exact) mass is 384 g/mol. The van der Waals surface area contributed by atoms with E-state index in [9.17, 15) is 14.7 Å². The van der Waals surface area contributed by atoms with E-state index in [1.807, 2.05) is 31.1 Å². The van der Waals surface area contributed by atoms with Crippen LogP contribution in [-0.2, 0) is 14.3 Å². The molecule has 0 aromatic heterocycles. The number of phenolic OH excluding ortho intramolecular Hbond substituents is 1. The molecule has 0 radical (unpaired) electrons. The van der Waals surface area contributed by atoms with E-state index in [0.29, 0.717) is 17.0 Å². The van der Waals surface area contributed by atoms with Crippen molar-refractivity contribution in [3.05, 3.63) is 54.1 Å². The van der Waals surface area contributed by atoms with Crippen LogP contribution in [-0.4, -0.2) is 44.3 Å². The van der Waals surface area contributed by atoms with Crippen LogP contribution >= 0.6 is 0 Å². The van der Waals surface area contributed by atoms with Gasteiger partial charge in [0, 0.05) is 31.5 Å². The predicted molar refractivity (Wildman–Crippen MR) is 109 cm³/mol. The molecule has 2 aromatic rings. The van der Waals surface area contributed by atoms with Crippen molar-refractivity contribution < 1.29 is 24.2 Å². The molecule has 2 aromatic carbocycles. The first-order valence-electron chi connectivity index (χ1n) is 8.64. The van der Waals surface area contributed by atoms with Gasteiger partial charge in [-0.15, -0.1) is 0 Å². The third-order valence-electron chi connectivity index (χ3n) is 3.93. The molecule has 2 rings (SSSR count). The SMILES string of the molecule is COc1cc(/C=C/C(=O)OC(C)C(=O)Nc2ccc(N(C)C)cc2)ccc1O. The lowest BCUT2D eigenvalue weighted by atomic mass is 10.2. The van der Waals surface area contributed by atoms with Crippen LogP contribution in [0, 0.1) is 0 Å². The van der Waals surface area contributed by atoms with Gasteiger partial charge in [-0.25, -0.2) is 4.79 Å². The number of phenols is 1. The number of anilines is 2. The second-order valence-electron chi connectivity index (χ2n) is 6.27. The molecule has 0 saturated heterocycles. The second kappa shape index (κ2) is 9.45. The van der Waals surface area contributed by atoms with E-state index in [1.165, 1.54) is 32.3 Å². The molecule has 0 bridgehead atoms. The van der Waals surface area contributed by atoms with E-state index in [0.717, 1.165) is 5.69 Å². The van der Waals surface area contributed by atoms with Crippen LogP contribution in [0.1, 0.15) is 12.5 Å². The van der Waals surface area contributed by atoms with Gasteiger partial charge in [-0.3, -0.25) is 4.79 Å². The zero-order valence-electron chi connectivity index (χ0n) is 16.3. The summed E-state index contributed by atoms with van der Waals surface area (Å²) in [4.78, 5) is 26.1. The Hall–Kier alpha value is -3.48. The molecule has 0 aliphatic rings. The maximum Gasteiger partial charge on any atom is 0.331 e. The number of carbonyl (C=O) groups excluding carboxylic acids is 2. The molecule has 0 aliphatic heterocycles. The van der Waals surface area contributed by atoms with Gasteiger partial charge in [-0.05, 0) is 55.0 Å². The number of amides is 1. The van der Waals surface area contributed by atoms with Crippen LogP contribution in [0.2, 0.25) is 0 Å². The van der Waals surface area contributed by atoms with Crippen LogP contribution in [0.15, 0.2) is 48.5 Å². The van der Waals surface area contributed by atoms with Crippen LogP contribution < -0.4 is 15.0 Å². The summed E-state index contributed by atoms with van der Waals surface area (Å²) in [6.07, 6.45) is 1.76. The number of benzene rings is 2. The number of hydrogen-bond acceptors (Lipinski definition) is 6. The molecule has 0 spiro atoms. The summed E-state index contributed by atoms with van der Waals surface area (Å²) in [7, 11) is 5.29. The van der Waals surface area contributed by atoms with Gasteiger partial charge >= 0.3 is 5.97 Å². The van der Waals surface area contributed by atoms with Gasteiger partial charge in [-0.1, -0.05) is 6.07 Å². The van der Waals surface area contributed by atoms with Gasteiger partial charge in [0.2, 0.25) is 0 Å². The van der Waals surface area contributed by atoms with Crippen LogP contribution in [0.3, 0.4) is 0 Å². The highest BCUT2D eigenvalue weighted by Gasteiger charge is 2.16.